The molecule has 0 aromatic carbocycles. The van der Waals surface area contributed by atoms with Crippen molar-refractivity contribution in [2.75, 3.05) is 13.2 Å². The number of hydrogen-bond acceptors (Lipinski definition) is 5. The van der Waals surface area contributed by atoms with Gasteiger partial charge in [0.1, 0.15) is 13.2 Å². The van der Waals surface area contributed by atoms with Gasteiger partial charge in [0.15, 0.2) is 0 Å². The Bertz CT molecular complexity index is 547. The van der Waals surface area contributed by atoms with E-state index in [9.17, 15) is 27.6 Å². The molecule has 0 aromatic rings. The lowest BCUT2D eigenvalue weighted by molar-refractivity contribution is -0.200. The Balaban J connectivity index is 3.08. The van der Waals surface area contributed by atoms with Crippen molar-refractivity contribution >= 4 is 18.0 Å². The first-order chi connectivity index (χ1) is 12.0. The SMILES string of the molecule is C=CCOC(=O)C[C@H]([C@@H](CC)C(=O)N1C(=O)OC[C@@H]1C(C)C)C(F)(F)F. The summed E-state index contributed by atoms with van der Waals surface area (Å²) >= 11 is 0. The van der Waals surface area contributed by atoms with Crippen LogP contribution in [0.5, 0.6) is 0 Å². The summed E-state index contributed by atoms with van der Waals surface area (Å²) in [5.41, 5.74) is 0. The van der Waals surface area contributed by atoms with Gasteiger partial charge in [-0.05, 0) is 12.3 Å². The maximum Gasteiger partial charge on any atom is 0.416 e. The van der Waals surface area contributed by atoms with Gasteiger partial charge in [0, 0.05) is 0 Å². The Morgan fingerprint density at radius 2 is 2.04 bits per heavy atom. The van der Waals surface area contributed by atoms with Gasteiger partial charge < -0.3 is 9.47 Å². The zero-order valence-electron chi connectivity index (χ0n) is 15.0. The first kappa shape index (κ1) is 22.0. The van der Waals surface area contributed by atoms with Crippen LogP contribution in [-0.2, 0) is 19.1 Å². The zero-order chi connectivity index (χ0) is 20.1. The van der Waals surface area contributed by atoms with Crippen LogP contribution in [0, 0.1) is 17.8 Å². The van der Waals surface area contributed by atoms with Crippen LogP contribution >= 0.6 is 0 Å². The molecule has 3 atom stereocenters. The molecule has 1 aliphatic rings. The molecule has 6 nitrogen and oxygen atoms in total. The third-order valence-corrected chi connectivity index (χ3v) is 4.32. The highest BCUT2D eigenvalue weighted by atomic mass is 19.4. The van der Waals surface area contributed by atoms with Gasteiger partial charge in [-0.1, -0.05) is 33.4 Å². The van der Waals surface area contributed by atoms with E-state index in [4.69, 9.17) is 4.74 Å². The van der Waals surface area contributed by atoms with Crippen LogP contribution in [0.3, 0.4) is 0 Å². The van der Waals surface area contributed by atoms with Crippen molar-refractivity contribution in [2.24, 2.45) is 17.8 Å². The van der Waals surface area contributed by atoms with Crippen LogP contribution in [-0.4, -0.2) is 48.3 Å². The first-order valence-electron chi connectivity index (χ1n) is 8.37. The van der Waals surface area contributed by atoms with E-state index < -0.39 is 48.4 Å². The molecule has 0 spiro atoms. The van der Waals surface area contributed by atoms with Crippen molar-refractivity contribution in [3.63, 3.8) is 0 Å². The summed E-state index contributed by atoms with van der Waals surface area (Å²) < 4.78 is 50.0. The molecule has 0 N–H and O–H groups in total. The molecule has 0 aliphatic carbocycles. The Kier molecular flexibility index (Phi) is 7.65. The normalized spacial score (nSPS) is 19.9. The third kappa shape index (κ3) is 5.22. The van der Waals surface area contributed by atoms with Crippen LogP contribution in [0.25, 0.3) is 0 Å². The molecule has 1 saturated heterocycles. The molecule has 0 radical (unpaired) electrons. The van der Waals surface area contributed by atoms with Crippen LogP contribution in [0.15, 0.2) is 12.7 Å². The van der Waals surface area contributed by atoms with Crippen LogP contribution in [0.1, 0.15) is 33.6 Å². The van der Waals surface area contributed by atoms with Gasteiger partial charge in [-0.3, -0.25) is 9.59 Å². The van der Waals surface area contributed by atoms with E-state index in [1.807, 2.05) is 0 Å². The molecule has 148 valence electrons. The number of halogens is 3. The number of ether oxygens (including phenoxy) is 2. The van der Waals surface area contributed by atoms with Crippen molar-refractivity contribution in [2.45, 2.75) is 45.8 Å². The van der Waals surface area contributed by atoms with Crippen molar-refractivity contribution < 1.29 is 37.0 Å². The summed E-state index contributed by atoms with van der Waals surface area (Å²) in [5.74, 6) is -6.07. The largest absolute Gasteiger partial charge is 0.461 e. The average molecular weight is 379 g/mol. The summed E-state index contributed by atoms with van der Waals surface area (Å²) in [7, 11) is 0. The summed E-state index contributed by atoms with van der Waals surface area (Å²) in [6.07, 6.45) is -5.72. The molecule has 0 unspecified atom stereocenters. The summed E-state index contributed by atoms with van der Waals surface area (Å²) in [6.45, 7) is 7.92. The number of esters is 1. The Morgan fingerprint density at radius 3 is 2.50 bits per heavy atom. The lowest BCUT2D eigenvalue weighted by Crippen LogP contribution is -2.48. The number of rotatable bonds is 8. The standard InChI is InChI=1S/C17H24F3NO5/c1-5-7-25-14(22)8-12(17(18,19)20)11(6-2)15(23)21-13(10(3)4)9-26-16(21)24/h5,10-13H,1,6-9H2,2-4H3/t11-,12-,13-/m1/s1. The highest BCUT2D eigenvalue weighted by molar-refractivity contribution is 5.95. The van der Waals surface area contributed by atoms with Crippen molar-refractivity contribution in [1.29, 1.82) is 0 Å². The van der Waals surface area contributed by atoms with E-state index in [2.05, 4.69) is 11.3 Å². The summed E-state index contributed by atoms with van der Waals surface area (Å²) in [6, 6.07) is -0.634. The molecule has 1 heterocycles. The highest BCUT2D eigenvalue weighted by Crippen LogP contribution is 2.38. The number of carbonyl (C=O) groups is 3. The number of nitrogens with zero attached hydrogens (tertiary/aromatic N) is 1. The zero-order valence-corrected chi connectivity index (χ0v) is 15.0. The number of amides is 2. The fourth-order valence-electron chi connectivity index (χ4n) is 2.87. The monoisotopic (exact) mass is 379 g/mol. The molecular weight excluding hydrogens is 355 g/mol. The number of imide groups is 1. The minimum atomic E-state index is -4.81. The maximum atomic E-state index is 13.5. The van der Waals surface area contributed by atoms with Crippen LogP contribution < -0.4 is 0 Å². The first-order valence-corrected chi connectivity index (χ1v) is 8.37. The maximum absolute atomic E-state index is 13.5. The molecule has 0 bridgehead atoms. The van der Waals surface area contributed by atoms with Crippen LogP contribution in [0.4, 0.5) is 18.0 Å². The minimum Gasteiger partial charge on any atom is -0.461 e. The van der Waals surface area contributed by atoms with E-state index in [0.717, 1.165) is 4.90 Å². The molecule has 0 saturated carbocycles. The molecule has 9 heteroatoms. The Hall–Kier alpha value is -2.06. The summed E-state index contributed by atoms with van der Waals surface area (Å²) in [5, 5.41) is 0. The van der Waals surface area contributed by atoms with Gasteiger partial charge in [-0.2, -0.15) is 13.2 Å². The second kappa shape index (κ2) is 9.05. The second-order valence-corrected chi connectivity index (χ2v) is 6.44. The van der Waals surface area contributed by atoms with Crippen molar-refractivity contribution in [3.05, 3.63) is 12.7 Å². The molecule has 1 fully saturated rings. The molecule has 2 amide bonds. The molecule has 1 aliphatic heterocycles. The predicted molar refractivity (Wildman–Crippen MR) is 85.9 cm³/mol. The van der Waals surface area contributed by atoms with E-state index in [1.165, 1.54) is 13.0 Å². The molecular formula is C17H24F3NO5. The van der Waals surface area contributed by atoms with Crippen molar-refractivity contribution in [3.8, 4) is 0 Å². The van der Waals surface area contributed by atoms with Crippen molar-refractivity contribution in [1.82, 2.24) is 4.90 Å². The number of carbonyl (C=O) groups excluding carboxylic acids is 3. The number of hydrogen-bond donors (Lipinski definition) is 0. The Labute approximate surface area is 150 Å². The minimum absolute atomic E-state index is 0.0588. The third-order valence-electron chi connectivity index (χ3n) is 4.32. The second-order valence-electron chi connectivity index (χ2n) is 6.44. The summed E-state index contributed by atoms with van der Waals surface area (Å²) in [4.78, 5) is 37.1. The van der Waals surface area contributed by atoms with E-state index >= 15 is 0 Å². The molecule has 0 aromatic heterocycles. The topological polar surface area (TPSA) is 72.9 Å². The number of cyclic esters (lactones) is 1. The average Bonchev–Trinajstić information content (AvgIpc) is 2.93. The van der Waals surface area contributed by atoms with E-state index in [0.29, 0.717) is 0 Å². The van der Waals surface area contributed by atoms with Gasteiger partial charge in [0.25, 0.3) is 0 Å². The van der Waals surface area contributed by atoms with Gasteiger partial charge in [0.05, 0.1) is 24.3 Å². The molecule has 1 rings (SSSR count). The van der Waals surface area contributed by atoms with Gasteiger partial charge in [-0.25, -0.2) is 9.69 Å². The fourth-order valence-corrected chi connectivity index (χ4v) is 2.87. The fraction of sp³-hybridized carbons (Fsp3) is 0.706. The highest BCUT2D eigenvalue weighted by Gasteiger charge is 2.51. The predicted octanol–water partition coefficient (Wildman–Crippen LogP) is 3.31. The smallest absolute Gasteiger partial charge is 0.416 e. The van der Waals surface area contributed by atoms with E-state index in [-0.39, 0.29) is 25.6 Å². The lowest BCUT2D eigenvalue weighted by atomic mass is 9.85. The van der Waals surface area contributed by atoms with Gasteiger partial charge in [0.2, 0.25) is 5.91 Å². The Morgan fingerprint density at radius 1 is 1.42 bits per heavy atom. The lowest BCUT2D eigenvalue weighted by Gasteiger charge is -2.31. The molecule has 26 heavy (non-hydrogen) atoms. The van der Waals surface area contributed by atoms with E-state index in [1.54, 1.807) is 13.8 Å². The van der Waals surface area contributed by atoms with Gasteiger partial charge >= 0.3 is 18.2 Å². The number of alkyl halides is 3. The van der Waals surface area contributed by atoms with Gasteiger partial charge in [-0.15, -0.1) is 0 Å². The quantitative estimate of drug-likeness (QED) is 0.478. The van der Waals surface area contributed by atoms with Crippen LogP contribution in [0.2, 0.25) is 0 Å².